The van der Waals surface area contributed by atoms with Crippen molar-refractivity contribution in [2.45, 2.75) is 50.0 Å². The second-order valence-electron chi connectivity index (χ2n) is 9.61. The van der Waals surface area contributed by atoms with Gasteiger partial charge in [-0.1, -0.05) is 0 Å². The monoisotopic (exact) mass is 642 g/mol. The number of fused-ring (bicyclic) bond motifs is 2. The zero-order chi connectivity index (χ0) is 29.6. The van der Waals surface area contributed by atoms with E-state index < -0.39 is 39.0 Å². The van der Waals surface area contributed by atoms with Crippen molar-refractivity contribution in [3.05, 3.63) is 35.3 Å². The molecule has 2 saturated heterocycles. The fraction of sp³-hybridized carbons (Fsp3) is 0.476. The number of nitrogen functional groups attached to an aromatic ring is 2. The molecule has 4 aromatic rings. The van der Waals surface area contributed by atoms with Gasteiger partial charge in [-0.3, -0.25) is 14.3 Å². The summed E-state index contributed by atoms with van der Waals surface area (Å²) >= 11 is 5.31. The SMILES string of the molecule is Nc1nc2c(ncn2[C@@H]2O[C@H](CO[P+](=O)O)CC2OP(O)(=S)OCC2CC[C@H](n3ccc4c(N)ncnc43)O2)c(=O)[nH]1. The zero-order valence-electron chi connectivity index (χ0n) is 21.6. The first-order valence-electron chi connectivity index (χ1n) is 12.6. The number of hydrogen-bond acceptors (Lipinski definition) is 14. The van der Waals surface area contributed by atoms with E-state index in [1.165, 1.54) is 17.2 Å². The Balaban J connectivity index is 1.14. The molecule has 21 heteroatoms. The van der Waals surface area contributed by atoms with Crippen molar-refractivity contribution in [2.75, 3.05) is 24.7 Å². The van der Waals surface area contributed by atoms with Crippen molar-refractivity contribution in [2.24, 2.45) is 0 Å². The van der Waals surface area contributed by atoms with E-state index in [4.69, 9.17) is 51.2 Å². The zero-order valence-corrected chi connectivity index (χ0v) is 24.2. The average Bonchev–Trinajstić information content (AvgIpc) is 3.72. The molecule has 0 amide bonds. The van der Waals surface area contributed by atoms with Gasteiger partial charge in [0.05, 0.1) is 30.5 Å². The van der Waals surface area contributed by atoms with Crippen molar-refractivity contribution < 1.29 is 37.4 Å². The third-order valence-electron chi connectivity index (χ3n) is 6.87. The van der Waals surface area contributed by atoms with E-state index in [9.17, 15) is 14.3 Å². The van der Waals surface area contributed by atoms with E-state index in [2.05, 4.69) is 24.9 Å². The maximum absolute atomic E-state index is 12.3. The maximum Gasteiger partial charge on any atom is 0.694 e. The van der Waals surface area contributed by atoms with Gasteiger partial charge in [-0.15, -0.1) is 9.42 Å². The van der Waals surface area contributed by atoms with Crippen LogP contribution in [0.5, 0.6) is 0 Å². The van der Waals surface area contributed by atoms with E-state index >= 15 is 0 Å². The molecule has 6 heterocycles. The number of imidazole rings is 1. The van der Waals surface area contributed by atoms with E-state index in [1.54, 1.807) is 0 Å². The fourth-order valence-electron chi connectivity index (χ4n) is 5.05. The van der Waals surface area contributed by atoms with Crippen LogP contribution in [0, 0.1) is 0 Å². The Labute approximate surface area is 242 Å². The van der Waals surface area contributed by atoms with Crippen LogP contribution in [0.2, 0.25) is 0 Å². The minimum Gasteiger partial charge on any atom is -0.383 e. The highest BCUT2D eigenvalue weighted by atomic mass is 32.5. The van der Waals surface area contributed by atoms with Gasteiger partial charge in [0.2, 0.25) is 5.95 Å². The Morgan fingerprint density at radius 1 is 1.17 bits per heavy atom. The lowest BCUT2D eigenvalue weighted by atomic mass is 10.2. The van der Waals surface area contributed by atoms with Gasteiger partial charge in [0, 0.05) is 17.2 Å². The first-order chi connectivity index (χ1) is 20.1. The first-order valence-corrected chi connectivity index (χ1v) is 16.3. The molecule has 2 aliphatic heterocycles. The summed E-state index contributed by atoms with van der Waals surface area (Å²) in [7, 11) is -2.88. The fourth-order valence-corrected chi connectivity index (χ4v) is 6.81. The molecule has 4 unspecified atom stereocenters. The summed E-state index contributed by atoms with van der Waals surface area (Å²) in [5, 5.41) is 0.719. The van der Waals surface area contributed by atoms with Gasteiger partial charge in [0.1, 0.15) is 36.7 Å². The lowest BCUT2D eigenvalue weighted by Crippen LogP contribution is -2.23. The molecule has 6 rings (SSSR count). The number of hydrogen-bond donors (Lipinski definition) is 5. The molecule has 224 valence electrons. The number of aromatic nitrogens is 7. The summed E-state index contributed by atoms with van der Waals surface area (Å²) in [5.74, 6) is 0.230. The summed E-state index contributed by atoms with van der Waals surface area (Å²) in [4.78, 5) is 51.2. The Hall–Kier alpha value is -2.96. The van der Waals surface area contributed by atoms with Crippen molar-refractivity contribution in [1.29, 1.82) is 0 Å². The van der Waals surface area contributed by atoms with Crippen LogP contribution in [0.3, 0.4) is 0 Å². The summed E-state index contributed by atoms with van der Waals surface area (Å²) in [6.45, 7) is -4.16. The number of H-pyrrole nitrogens is 1. The number of ether oxygens (including phenoxy) is 2. The van der Waals surface area contributed by atoms with Gasteiger partial charge in [-0.05, 0) is 30.7 Å². The highest BCUT2D eigenvalue weighted by molar-refractivity contribution is 8.07. The second-order valence-corrected chi connectivity index (χ2v) is 13.1. The number of anilines is 2. The van der Waals surface area contributed by atoms with Crippen molar-refractivity contribution in [3.8, 4) is 0 Å². The molecule has 2 fully saturated rings. The minimum atomic E-state index is -3.87. The smallest absolute Gasteiger partial charge is 0.383 e. The number of nitrogens with one attached hydrogen (secondary N) is 1. The highest BCUT2D eigenvalue weighted by Crippen LogP contribution is 2.50. The van der Waals surface area contributed by atoms with E-state index in [1.807, 2.05) is 16.8 Å². The van der Waals surface area contributed by atoms with Crippen LogP contribution < -0.4 is 17.0 Å². The Morgan fingerprint density at radius 3 is 2.81 bits per heavy atom. The van der Waals surface area contributed by atoms with E-state index in [0.29, 0.717) is 24.3 Å². The molecule has 7 atom stereocenters. The molecule has 0 aliphatic carbocycles. The molecule has 0 radical (unpaired) electrons. The Kier molecular flexibility index (Phi) is 8.05. The quantitative estimate of drug-likeness (QED) is 0.151. The van der Waals surface area contributed by atoms with Gasteiger partial charge in [-0.2, -0.15) is 4.98 Å². The summed E-state index contributed by atoms with van der Waals surface area (Å²) < 4.78 is 42.8. The van der Waals surface area contributed by atoms with Gasteiger partial charge in [0.25, 0.3) is 5.56 Å². The van der Waals surface area contributed by atoms with Crippen molar-refractivity contribution in [1.82, 2.24) is 34.1 Å². The number of rotatable bonds is 10. The van der Waals surface area contributed by atoms with Crippen molar-refractivity contribution >= 4 is 60.7 Å². The van der Waals surface area contributed by atoms with Crippen LogP contribution in [-0.2, 0) is 39.4 Å². The average molecular weight is 643 g/mol. The predicted molar refractivity (Wildman–Crippen MR) is 149 cm³/mol. The standard InChI is InChI=1S/C21H25N9O9P2S/c22-16-12-3-4-29(17(12)25-8-24-16)14-2-1-10(37-14)7-36-41(34,42)39-13-5-11(6-35-40(32)33)38-20(13)30-9-26-15-18(30)27-21(23)28-19(15)31/h3-4,8-11,13-14,20H,1-2,5-7H2,(H6-,22,23,24,25,27,28,31,32,33,34,42)/p+1/t10?,11-,13?,14+,20+,41?/m0/s1. The number of aromatic amines is 1. The summed E-state index contributed by atoms with van der Waals surface area (Å²) in [6.07, 6.45) is 2.52. The first kappa shape index (κ1) is 29.1. The Bertz CT molecular complexity index is 1750. The number of nitrogens with two attached hydrogens (primary N) is 2. The molecule has 18 nitrogen and oxygen atoms in total. The third kappa shape index (κ3) is 5.93. The van der Waals surface area contributed by atoms with Gasteiger partial charge in [0.15, 0.2) is 17.4 Å². The van der Waals surface area contributed by atoms with Crippen LogP contribution in [0.15, 0.2) is 29.7 Å². The van der Waals surface area contributed by atoms with Crippen LogP contribution in [-0.4, -0.2) is 75.4 Å². The van der Waals surface area contributed by atoms with Crippen LogP contribution in [0.1, 0.15) is 31.7 Å². The summed E-state index contributed by atoms with van der Waals surface area (Å²) in [6, 6.07) is 1.82. The molecule has 0 bridgehead atoms. The lowest BCUT2D eigenvalue weighted by molar-refractivity contribution is -0.0470. The molecule has 0 aromatic carbocycles. The molecule has 4 aromatic heterocycles. The molecule has 42 heavy (non-hydrogen) atoms. The molecular weight excluding hydrogens is 616 g/mol. The molecule has 2 aliphatic rings. The van der Waals surface area contributed by atoms with Crippen LogP contribution in [0.4, 0.5) is 11.8 Å². The predicted octanol–water partition coefficient (Wildman–Crippen LogP) is 0.979. The van der Waals surface area contributed by atoms with Gasteiger partial charge < -0.3 is 39.4 Å². The largest absolute Gasteiger partial charge is 0.694 e. The van der Waals surface area contributed by atoms with Gasteiger partial charge >= 0.3 is 15.0 Å². The van der Waals surface area contributed by atoms with E-state index in [0.717, 1.165) is 5.39 Å². The maximum atomic E-state index is 12.3. The van der Waals surface area contributed by atoms with Crippen LogP contribution in [0.25, 0.3) is 22.2 Å². The Morgan fingerprint density at radius 2 is 2.00 bits per heavy atom. The molecule has 0 saturated carbocycles. The minimum absolute atomic E-state index is 0.00178. The third-order valence-corrected chi connectivity index (χ3v) is 8.83. The topological polar surface area (TPSA) is 250 Å². The number of nitrogens with zero attached hydrogens (tertiary/aromatic N) is 6. The normalized spacial score (nSPS) is 26.2. The lowest BCUT2D eigenvalue weighted by Gasteiger charge is -2.25. The van der Waals surface area contributed by atoms with Crippen LogP contribution >= 0.6 is 15.0 Å². The summed E-state index contributed by atoms with van der Waals surface area (Å²) in [5.41, 5.74) is 11.8. The highest BCUT2D eigenvalue weighted by Gasteiger charge is 2.43. The molecule has 7 N–H and O–H groups in total. The van der Waals surface area contributed by atoms with Crippen molar-refractivity contribution in [3.63, 3.8) is 0 Å². The molecule has 0 spiro atoms. The second kappa shape index (κ2) is 11.6. The molecular formula is C21H26N9O9P2S+. The van der Waals surface area contributed by atoms with E-state index in [-0.39, 0.29) is 49.1 Å². The van der Waals surface area contributed by atoms with Gasteiger partial charge in [-0.25, -0.2) is 15.0 Å².